The molecule has 0 saturated carbocycles. The van der Waals surface area contributed by atoms with Crippen molar-refractivity contribution >= 4 is 46.2 Å². The highest BCUT2D eigenvalue weighted by Crippen LogP contribution is 2.35. The standard InChI is InChI=1S/C44H42N6O2/c1-33-25-29-39(30-26-33)49(43(51)45-35-17-9-5-10-18-35)41(47(3)37-21-13-7-14-22-37)42(48(4)38-23-15-8-16-24-38)50(40-31-27-34(2)28-32-40)44(52)46-36-19-11-6-12-20-36/h5-32H,1-4H3,(H,45,51)(H,46,52). The Labute approximate surface area is 305 Å². The van der Waals surface area contributed by atoms with Crippen LogP contribution in [0, 0.1) is 13.8 Å². The van der Waals surface area contributed by atoms with E-state index in [0.717, 1.165) is 22.5 Å². The van der Waals surface area contributed by atoms with Crippen LogP contribution in [0.1, 0.15) is 11.1 Å². The second-order valence-electron chi connectivity index (χ2n) is 12.4. The Morgan fingerprint density at radius 1 is 0.385 bits per heavy atom. The van der Waals surface area contributed by atoms with Gasteiger partial charge in [0.2, 0.25) is 0 Å². The first-order chi connectivity index (χ1) is 25.3. The van der Waals surface area contributed by atoms with E-state index in [1.54, 1.807) is 9.80 Å². The number of carbonyl (C=O) groups is 2. The molecule has 0 unspecified atom stereocenters. The summed E-state index contributed by atoms with van der Waals surface area (Å²) in [5.74, 6) is 0.831. The lowest BCUT2D eigenvalue weighted by Gasteiger charge is -2.40. The number of amides is 4. The molecule has 0 aliphatic carbocycles. The van der Waals surface area contributed by atoms with Crippen LogP contribution in [0.5, 0.6) is 0 Å². The van der Waals surface area contributed by atoms with Crippen molar-refractivity contribution in [2.45, 2.75) is 13.8 Å². The molecule has 0 spiro atoms. The zero-order valence-corrected chi connectivity index (χ0v) is 29.8. The van der Waals surface area contributed by atoms with Crippen LogP contribution in [0.2, 0.25) is 0 Å². The minimum absolute atomic E-state index is 0.415. The number of para-hydroxylation sites is 4. The van der Waals surface area contributed by atoms with Gasteiger partial charge >= 0.3 is 12.1 Å². The van der Waals surface area contributed by atoms with E-state index in [-0.39, 0.29) is 0 Å². The number of nitrogens with one attached hydrogen (secondary N) is 2. The number of hydrogen-bond donors (Lipinski definition) is 2. The van der Waals surface area contributed by atoms with E-state index >= 15 is 0 Å². The molecule has 0 aromatic heterocycles. The molecule has 260 valence electrons. The molecule has 0 fully saturated rings. The lowest BCUT2D eigenvalue weighted by molar-refractivity contribution is 0.256. The summed E-state index contributed by atoms with van der Waals surface area (Å²) in [7, 11) is 3.81. The molecule has 0 aliphatic heterocycles. The third kappa shape index (κ3) is 8.14. The predicted octanol–water partition coefficient (Wildman–Crippen LogP) is 10.5. The highest BCUT2D eigenvalue weighted by Gasteiger charge is 2.35. The largest absolute Gasteiger partial charge is 0.332 e. The van der Waals surface area contributed by atoms with Gasteiger partial charge in [-0.3, -0.25) is 0 Å². The zero-order chi connectivity index (χ0) is 36.5. The van der Waals surface area contributed by atoms with Crippen LogP contribution in [-0.4, -0.2) is 26.2 Å². The smallest absolute Gasteiger partial charge is 0.327 e. The Bertz CT molecular complexity index is 1950. The highest BCUT2D eigenvalue weighted by molar-refractivity contribution is 6.08. The predicted molar refractivity (Wildman–Crippen MR) is 215 cm³/mol. The maximum absolute atomic E-state index is 14.9. The second kappa shape index (κ2) is 16.3. The summed E-state index contributed by atoms with van der Waals surface area (Å²) in [5.41, 5.74) is 6.13. The fourth-order valence-corrected chi connectivity index (χ4v) is 5.81. The van der Waals surface area contributed by atoms with Crippen LogP contribution in [0.15, 0.2) is 182 Å². The fraction of sp³-hybridized carbons (Fsp3) is 0.0909. The van der Waals surface area contributed by atoms with Crippen molar-refractivity contribution < 1.29 is 9.59 Å². The molecule has 0 saturated heterocycles. The van der Waals surface area contributed by atoms with Gasteiger partial charge in [-0.2, -0.15) is 0 Å². The normalized spacial score (nSPS) is 11.2. The van der Waals surface area contributed by atoms with Crippen molar-refractivity contribution in [3.05, 3.63) is 193 Å². The van der Waals surface area contributed by atoms with Crippen LogP contribution in [0.3, 0.4) is 0 Å². The van der Waals surface area contributed by atoms with Gasteiger partial charge in [-0.15, -0.1) is 0 Å². The van der Waals surface area contributed by atoms with Gasteiger partial charge in [-0.25, -0.2) is 19.4 Å². The molecule has 0 atom stereocenters. The van der Waals surface area contributed by atoms with Crippen molar-refractivity contribution in [1.82, 2.24) is 0 Å². The maximum Gasteiger partial charge on any atom is 0.332 e. The summed E-state index contributed by atoms with van der Waals surface area (Å²) in [6.07, 6.45) is 0. The number of rotatable bonds is 10. The van der Waals surface area contributed by atoms with Crippen molar-refractivity contribution in [1.29, 1.82) is 0 Å². The number of urea groups is 2. The van der Waals surface area contributed by atoms with E-state index in [1.165, 1.54) is 0 Å². The quantitative estimate of drug-likeness (QED) is 0.150. The summed E-state index contributed by atoms with van der Waals surface area (Å²) >= 11 is 0. The first-order valence-corrected chi connectivity index (χ1v) is 17.1. The average Bonchev–Trinajstić information content (AvgIpc) is 3.18. The Morgan fingerprint density at radius 2 is 0.673 bits per heavy atom. The summed E-state index contributed by atoms with van der Waals surface area (Å²) in [6.45, 7) is 4.01. The number of anilines is 6. The van der Waals surface area contributed by atoms with E-state index in [4.69, 9.17) is 0 Å². The molecular weight excluding hydrogens is 645 g/mol. The fourth-order valence-electron chi connectivity index (χ4n) is 5.81. The van der Waals surface area contributed by atoms with Crippen molar-refractivity contribution in [2.24, 2.45) is 0 Å². The van der Waals surface area contributed by atoms with Gasteiger partial charge < -0.3 is 20.4 Å². The van der Waals surface area contributed by atoms with Gasteiger partial charge in [0.25, 0.3) is 0 Å². The van der Waals surface area contributed by atoms with Gasteiger partial charge in [0.1, 0.15) is 0 Å². The number of hydrogen-bond acceptors (Lipinski definition) is 4. The number of nitrogens with zero attached hydrogens (tertiary/aromatic N) is 4. The van der Waals surface area contributed by atoms with E-state index in [2.05, 4.69) is 10.6 Å². The average molecular weight is 687 g/mol. The van der Waals surface area contributed by atoms with Gasteiger partial charge in [-0.05, 0) is 86.6 Å². The Balaban J connectivity index is 1.70. The Morgan fingerprint density at radius 3 is 0.981 bits per heavy atom. The summed E-state index contributed by atoms with van der Waals surface area (Å²) < 4.78 is 0. The van der Waals surface area contributed by atoms with Gasteiger partial charge in [0.15, 0.2) is 11.6 Å². The second-order valence-corrected chi connectivity index (χ2v) is 12.4. The first kappa shape index (κ1) is 35.0. The van der Waals surface area contributed by atoms with Gasteiger partial charge in [-0.1, -0.05) is 108 Å². The SMILES string of the molecule is Cc1ccc(N(C(=O)Nc2ccccc2)C(=C(N(C)c2ccccc2)N(C(=O)Nc2ccccc2)c2ccc(C)cc2)N(C)c2ccccc2)cc1. The van der Waals surface area contributed by atoms with Gasteiger partial charge in [0, 0.05) is 36.8 Å². The lowest BCUT2D eigenvalue weighted by atomic mass is 10.2. The molecule has 0 aliphatic rings. The summed E-state index contributed by atoms with van der Waals surface area (Å²) in [6, 6.07) is 53.0. The molecule has 8 heteroatoms. The minimum atomic E-state index is -0.417. The molecule has 2 N–H and O–H groups in total. The minimum Gasteiger partial charge on any atom is -0.327 e. The van der Waals surface area contributed by atoms with Crippen LogP contribution in [0.4, 0.5) is 43.7 Å². The first-order valence-electron chi connectivity index (χ1n) is 17.1. The molecule has 6 aromatic carbocycles. The number of benzene rings is 6. The van der Waals surface area contributed by atoms with E-state index in [9.17, 15) is 9.59 Å². The Hall–Kier alpha value is -6.80. The molecule has 0 heterocycles. The van der Waals surface area contributed by atoms with Gasteiger partial charge in [0.05, 0.1) is 11.4 Å². The highest BCUT2D eigenvalue weighted by atomic mass is 16.2. The maximum atomic E-state index is 14.9. The zero-order valence-electron chi connectivity index (χ0n) is 29.8. The molecule has 0 bridgehead atoms. The van der Waals surface area contributed by atoms with Crippen LogP contribution in [0.25, 0.3) is 0 Å². The molecular formula is C44H42N6O2. The van der Waals surface area contributed by atoms with Crippen LogP contribution < -0.4 is 30.2 Å². The molecule has 6 aromatic rings. The molecule has 6 rings (SSSR count). The van der Waals surface area contributed by atoms with Crippen molar-refractivity contribution in [3.8, 4) is 0 Å². The monoisotopic (exact) mass is 686 g/mol. The molecule has 52 heavy (non-hydrogen) atoms. The third-order valence-electron chi connectivity index (χ3n) is 8.59. The summed E-state index contributed by atoms with van der Waals surface area (Å²) in [5, 5.41) is 6.24. The molecule has 4 amide bonds. The van der Waals surface area contributed by atoms with Crippen LogP contribution in [-0.2, 0) is 0 Å². The summed E-state index contributed by atoms with van der Waals surface area (Å²) in [4.78, 5) is 37.0. The van der Waals surface area contributed by atoms with Crippen LogP contribution >= 0.6 is 0 Å². The third-order valence-corrected chi connectivity index (χ3v) is 8.59. The molecule has 8 nitrogen and oxygen atoms in total. The number of aryl methyl sites for hydroxylation is 2. The van der Waals surface area contributed by atoms with Crippen molar-refractivity contribution in [2.75, 3.05) is 44.3 Å². The lowest BCUT2D eigenvalue weighted by Crippen LogP contribution is -2.49. The number of carbonyl (C=O) groups excluding carboxylic acids is 2. The topological polar surface area (TPSA) is 71.2 Å². The van der Waals surface area contributed by atoms with E-state index in [1.807, 2.05) is 208 Å². The van der Waals surface area contributed by atoms with Crippen molar-refractivity contribution in [3.63, 3.8) is 0 Å². The Kier molecular flexibility index (Phi) is 11.0. The van der Waals surface area contributed by atoms with E-state index in [0.29, 0.717) is 34.4 Å². The molecule has 0 radical (unpaired) electrons. The van der Waals surface area contributed by atoms with E-state index < -0.39 is 12.1 Å².